The molecule has 3 heteroatoms. The van der Waals surface area contributed by atoms with Crippen LogP contribution in [0.4, 0.5) is 0 Å². The molecule has 4 atom stereocenters. The Hall–Kier alpha value is -1.38. The Bertz CT molecular complexity index is 569. The molecule has 4 aliphatic rings. The molecule has 0 aromatic carbocycles. The number of ether oxygens (including phenoxy) is 1. The standard InChI is InChI=1S/C17H20O3/c1-16(2)7-3-4-10-11(16)5-8-17-9-6-12(18)13(17)15(19)20-14(10)17/h4,6,9,11,13-14H,3,5,7-8H2,1-2H3/t11-,13?,14-,17+/m0/s1. The van der Waals surface area contributed by atoms with Gasteiger partial charge in [0.15, 0.2) is 5.78 Å². The van der Waals surface area contributed by atoms with Crippen molar-refractivity contribution in [3.63, 3.8) is 0 Å². The van der Waals surface area contributed by atoms with Crippen LogP contribution in [0.1, 0.15) is 39.5 Å². The number of ketones is 1. The minimum Gasteiger partial charge on any atom is -0.456 e. The van der Waals surface area contributed by atoms with Crippen LogP contribution in [0.2, 0.25) is 0 Å². The highest BCUT2D eigenvalue weighted by Crippen LogP contribution is 2.60. The van der Waals surface area contributed by atoms with Crippen molar-refractivity contribution in [3.8, 4) is 0 Å². The van der Waals surface area contributed by atoms with E-state index in [0.29, 0.717) is 5.92 Å². The van der Waals surface area contributed by atoms with Crippen LogP contribution >= 0.6 is 0 Å². The molecule has 3 nitrogen and oxygen atoms in total. The Morgan fingerprint density at radius 3 is 2.85 bits per heavy atom. The average Bonchev–Trinajstić information content (AvgIpc) is 2.85. The first-order valence-corrected chi connectivity index (χ1v) is 7.59. The molecule has 0 aromatic heterocycles. The molecule has 1 saturated heterocycles. The number of fused-ring (bicyclic) bond motifs is 2. The first-order chi connectivity index (χ1) is 9.46. The van der Waals surface area contributed by atoms with E-state index in [9.17, 15) is 9.59 Å². The lowest BCUT2D eigenvalue weighted by Gasteiger charge is -2.48. The fourth-order valence-corrected chi connectivity index (χ4v) is 4.92. The molecular weight excluding hydrogens is 252 g/mol. The first kappa shape index (κ1) is 12.4. The van der Waals surface area contributed by atoms with Gasteiger partial charge in [-0.2, -0.15) is 0 Å². The molecule has 0 bridgehead atoms. The number of hydrogen-bond donors (Lipinski definition) is 0. The molecule has 1 aliphatic heterocycles. The van der Waals surface area contributed by atoms with E-state index in [1.54, 1.807) is 6.08 Å². The zero-order chi connectivity index (χ0) is 14.1. The van der Waals surface area contributed by atoms with Crippen molar-refractivity contribution in [2.24, 2.45) is 22.7 Å². The van der Waals surface area contributed by atoms with Gasteiger partial charge >= 0.3 is 5.97 Å². The lowest BCUT2D eigenvalue weighted by atomic mass is 9.55. The maximum Gasteiger partial charge on any atom is 0.318 e. The maximum atomic E-state index is 12.2. The van der Waals surface area contributed by atoms with Crippen molar-refractivity contribution in [2.75, 3.05) is 0 Å². The van der Waals surface area contributed by atoms with Crippen molar-refractivity contribution in [1.82, 2.24) is 0 Å². The van der Waals surface area contributed by atoms with Crippen LogP contribution in [0.3, 0.4) is 0 Å². The molecule has 3 aliphatic carbocycles. The van der Waals surface area contributed by atoms with Crippen LogP contribution < -0.4 is 0 Å². The molecular formula is C17H20O3. The van der Waals surface area contributed by atoms with E-state index in [2.05, 4.69) is 19.9 Å². The van der Waals surface area contributed by atoms with Gasteiger partial charge in [0.1, 0.15) is 12.0 Å². The van der Waals surface area contributed by atoms with Crippen LogP contribution in [-0.4, -0.2) is 17.9 Å². The Morgan fingerprint density at radius 1 is 1.25 bits per heavy atom. The van der Waals surface area contributed by atoms with Crippen LogP contribution in [0.15, 0.2) is 23.8 Å². The number of carbonyl (C=O) groups is 2. The molecule has 0 amide bonds. The summed E-state index contributed by atoms with van der Waals surface area (Å²) >= 11 is 0. The largest absolute Gasteiger partial charge is 0.456 e. The van der Waals surface area contributed by atoms with E-state index >= 15 is 0 Å². The summed E-state index contributed by atoms with van der Waals surface area (Å²) in [6.45, 7) is 4.62. The lowest BCUT2D eigenvalue weighted by Crippen LogP contribution is -2.46. The summed E-state index contributed by atoms with van der Waals surface area (Å²) < 4.78 is 5.68. The van der Waals surface area contributed by atoms with Gasteiger partial charge in [0.2, 0.25) is 0 Å². The van der Waals surface area contributed by atoms with E-state index < -0.39 is 5.92 Å². The number of esters is 1. The topological polar surface area (TPSA) is 43.4 Å². The summed E-state index contributed by atoms with van der Waals surface area (Å²) in [6.07, 6.45) is 9.83. The highest BCUT2D eigenvalue weighted by molar-refractivity contribution is 6.09. The molecule has 1 saturated carbocycles. The minimum absolute atomic E-state index is 0.0633. The maximum absolute atomic E-state index is 12.2. The van der Waals surface area contributed by atoms with Crippen molar-refractivity contribution in [3.05, 3.63) is 23.8 Å². The zero-order valence-corrected chi connectivity index (χ0v) is 12.0. The minimum atomic E-state index is -0.570. The van der Waals surface area contributed by atoms with E-state index in [1.807, 2.05) is 6.08 Å². The third kappa shape index (κ3) is 1.31. The zero-order valence-electron chi connectivity index (χ0n) is 12.0. The van der Waals surface area contributed by atoms with Crippen LogP contribution in [0.5, 0.6) is 0 Å². The van der Waals surface area contributed by atoms with Gasteiger partial charge in [0.05, 0.1) is 5.41 Å². The molecule has 1 spiro atoms. The SMILES string of the molecule is CC1(C)CCC=C2[C@@H]1CC[C@@]13C=CC(=O)C1C(=O)O[C@@H]23. The van der Waals surface area contributed by atoms with E-state index in [1.165, 1.54) is 12.0 Å². The summed E-state index contributed by atoms with van der Waals surface area (Å²) in [6, 6.07) is 0. The van der Waals surface area contributed by atoms with Gasteiger partial charge in [0, 0.05) is 0 Å². The Kier molecular flexibility index (Phi) is 2.24. The number of carbonyl (C=O) groups excluding carboxylic acids is 2. The summed E-state index contributed by atoms with van der Waals surface area (Å²) in [5.41, 5.74) is 1.18. The molecule has 2 fully saturated rings. The van der Waals surface area contributed by atoms with Crippen molar-refractivity contribution in [2.45, 2.75) is 45.6 Å². The van der Waals surface area contributed by atoms with Gasteiger partial charge in [-0.15, -0.1) is 0 Å². The van der Waals surface area contributed by atoms with E-state index in [0.717, 1.165) is 19.3 Å². The predicted molar refractivity (Wildman–Crippen MR) is 73.8 cm³/mol. The quantitative estimate of drug-likeness (QED) is 0.387. The molecule has 1 unspecified atom stereocenters. The third-order valence-corrected chi connectivity index (χ3v) is 6.02. The second-order valence-corrected chi connectivity index (χ2v) is 7.42. The average molecular weight is 272 g/mol. The molecule has 106 valence electrons. The normalized spacial score (nSPS) is 44.5. The molecule has 0 radical (unpaired) electrons. The van der Waals surface area contributed by atoms with E-state index in [-0.39, 0.29) is 28.7 Å². The molecule has 0 aromatic rings. The predicted octanol–water partition coefficient (Wildman–Crippen LogP) is 2.81. The Labute approximate surface area is 119 Å². The lowest BCUT2D eigenvalue weighted by molar-refractivity contribution is -0.145. The second-order valence-electron chi connectivity index (χ2n) is 7.42. The second kappa shape index (κ2) is 3.63. The highest BCUT2D eigenvalue weighted by atomic mass is 16.6. The molecule has 4 rings (SSSR count). The van der Waals surface area contributed by atoms with Crippen LogP contribution in [0.25, 0.3) is 0 Å². The first-order valence-electron chi connectivity index (χ1n) is 7.59. The fraction of sp³-hybridized carbons (Fsp3) is 0.647. The van der Waals surface area contributed by atoms with Gasteiger partial charge in [-0.25, -0.2) is 0 Å². The third-order valence-electron chi connectivity index (χ3n) is 6.02. The van der Waals surface area contributed by atoms with Gasteiger partial charge in [-0.3, -0.25) is 9.59 Å². The summed E-state index contributed by atoms with van der Waals surface area (Å²) in [5, 5.41) is 0. The number of rotatable bonds is 0. The molecule has 1 heterocycles. The Morgan fingerprint density at radius 2 is 2.05 bits per heavy atom. The fourth-order valence-electron chi connectivity index (χ4n) is 4.92. The van der Waals surface area contributed by atoms with Gasteiger partial charge in [-0.05, 0) is 48.7 Å². The van der Waals surface area contributed by atoms with Crippen LogP contribution in [0, 0.1) is 22.7 Å². The number of allylic oxidation sites excluding steroid dienone is 2. The van der Waals surface area contributed by atoms with E-state index in [4.69, 9.17) is 4.74 Å². The summed E-state index contributed by atoms with van der Waals surface area (Å²) in [5.74, 6) is -0.455. The van der Waals surface area contributed by atoms with Crippen molar-refractivity contribution < 1.29 is 14.3 Å². The van der Waals surface area contributed by atoms with Gasteiger partial charge in [0.25, 0.3) is 0 Å². The monoisotopic (exact) mass is 272 g/mol. The van der Waals surface area contributed by atoms with Crippen LogP contribution in [-0.2, 0) is 14.3 Å². The molecule has 20 heavy (non-hydrogen) atoms. The van der Waals surface area contributed by atoms with Crippen molar-refractivity contribution in [1.29, 1.82) is 0 Å². The molecule has 0 N–H and O–H groups in total. The smallest absolute Gasteiger partial charge is 0.318 e. The van der Waals surface area contributed by atoms with Gasteiger partial charge in [-0.1, -0.05) is 26.0 Å². The highest BCUT2D eigenvalue weighted by Gasteiger charge is 2.64. The van der Waals surface area contributed by atoms with Gasteiger partial charge < -0.3 is 4.74 Å². The summed E-state index contributed by atoms with van der Waals surface area (Å²) in [4.78, 5) is 24.1. The Balaban J connectivity index is 1.81. The summed E-state index contributed by atoms with van der Waals surface area (Å²) in [7, 11) is 0. The number of hydrogen-bond acceptors (Lipinski definition) is 3. The van der Waals surface area contributed by atoms with Crippen molar-refractivity contribution >= 4 is 11.8 Å².